The molecular formula is C20H25ClN2O6S. The molecular weight excluding hydrogens is 432 g/mol. The van der Waals surface area contributed by atoms with Gasteiger partial charge in [-0.15, -0.1) is 0 Å². The third-order valence-electron chi connectivity index (χ3n) is 4.17. The average molecular weight is 457 g/mol. The number of nitrogens with zero attached hydrogens (tertiary/aromatic N) is 1. The summed E-state index contributed by atoms with van der Waals surface area (Å²) in [4.78, 5) is 12.5. The first-order valence-corrected chi connectivity index (χ1v) is 10.8. The lowest BCUT2D eigenvalue weighted by Crippen LogP contribution is -2.44. The van der Waals surface area contributed by atoms with Crippen LogP contribution in [0.4, 0.5) is 5.69 Å². The maximum Gasteiger partial charge on any atom is 0.264 e. The number of hydrogen-bond donors (Lipinski definition) is 1. The molecule has 0 aliphatic carbocycles. The number of carbonyl (C=O) groups excluding carboxylic acids is 1. The zero-order valence-corrected chi connectivity index (χ0v) is 18.8. The minimum absolute atomic E-state index is 0.0483. The third kappa shape index (κ3) is 5.78. The number of carbonyl (C=O) groups is 1. The minimum atomic E-state index is -4.11. The molecule has 0 aliphatic heterocycles. The van der Waals surface area contributed by atoms with Crippen LogP contribution in [0.25, 0.3) is 0 Å². The molecule has 0 unspecified atom stereocenters. The predicted molar refractivity (Wildman–Crippen MR) is 115 cm³/mol. The summed E-state index contributed by atoms with van der Waals surface area (Å²) in [6.45, 7) is 1.64. The summed E-state index contributed by atoms with van der Waals surface area (Å²) in [6.07, 6.45) is 0. The van der Waals surface area contributed by atoms with Crippen LogP contribution in [0.3, 0.4) is 0 Å². The fourth-order valence-electron chi connectivity index (χ4n) is 2.77. The average Bonchev–Trinajstić information content (AvgIpc) is 2.72. The fourth-order valence-corrected chi connectivity index (χ4v) is 4.33. The van der Waals surface area contributed by atoms with Gasteiger partial charge < -0.3 is 19.5 Å². The number of rotatable bonds is 10. The molecule has 0 aromatic heterocycles. The predicted octanol–water partition coefficient (Wildman–Crippen LogP) is 2.70. The van der Waals surface area contributed by atoms with Crippen molar-refractivity contribution in [2.75, 3.05) is 38.8 Å². The van der Waals surface area contributed by atoms with Gasteiger partial charge in [0.15, 0.2) is 11.5 Å². The molecule has 0 spiro atoms. The van der Waals surface area contributed by atoms with E-state index in [4.69, 9.17) is 25.8 Å². The van der Waals surface area contributed by atoms with Gasteiger partial charge >= 0.3 is 0 Å². The SMILES string of the molecule is COC[C@@H](C)NC(=O)CN(c1ccc(Cl)cc1)S(=O)(=O)c1ccc(OC)c(OC)c1. The molecule has 8 nitrogen and oxygen atoms in total. The highest BCUT2D eigenvalue weighted by molar-refractivity contribution is 7.92. The topological polar surface area (TPSA) is 94.2 Å². The van der Waals surface area contributed by atoms with E-state index in [1.807, 2.05) is 0 Å². The second kappa shape index (κ2) is 10.5. The lowest BCUT2D eigenvalue weighted by atomic mass is 10.3. The quantitative estimate of drug-likeness (QED) is 0.590. The summed E-state index contributed by atoms with van der Waals surface area (Å²) in [5.74, 6) is 0.173. The van der Waals surface area contributed by atoms with E-state index >= 15 is 0 Å². The Bertz CT molecular complexity index is 966. The summed E-state index contributed by atoms with van der Waals surface area (Å²) in [5, 5.41) is 3.16. The zero-order chi connectivity index (χ0) is 22.3. The van der Waals surface area contributed by atoms with Crippen LogP contribution < -0.4 is 19.1 Å². The smallest absolute Gasteiger partial charge is 0.264 e. The number of ether oxygens (including phenoxy) is 3. The van der Waals surface area contributed by atoms with Crippen LogP contribution in [-0.2, 0) is 19.6 Å². The second-order valence-corrected chi connectivity index (χ2v) is 8.73. The Morgan fingerprint density at radius 3 is 2.27 bits per heavy atom. The Kier molecular flexibility index (Phi) is 8.33. The van der Waals surface area contributed by atoms with Gasteiger partial charge in [-0.2, -0.15) is 0 Å². The van der Waals surface area contributed by atoms with Crippen molar-refractivity contribution < 1.29 is 27.4 Å². The van der Waals surface area contributed by atoms with Crippen LogP contribution in [0.5, 0.6) is 11.5 Å². The first kappa shape index (κ1) is 23.8. The maximum atomic E-state index is 13.4. The van der Waals surface area contributed by atoms with Crippen molar-refractivity contribution in [2.24, 2.45) is 0 Å². The van der Waals surface area contributed by atoms with Gasteiger partial charge in [0.1, 0.15) is 6.54 Å². The Labute approximate surface area is 181 Å². The first-order chi connectivity index (χ1) is 14.2. The van der Waals surface area contributed by atoms with Crippen molar-refractivity contribution >= 4 is 33.2 Å². The van der Waals surface area contributed by atoms with Crippen LogP contribution in [0.2, 0.25) is 5.02 Å². The van der Waals surface area contributed by atoms with Crippen molar-refractivity contribution in [3.63, 3.8) is 0 Å². The minimum Gasteiger partial charge on any atom is -0.493 e. The molecule has 30 heavy (non-hydrogen) atoms. The zero-order valence-electron chi connectivity index (χ0n) is 17.2. The van der Waals surface area contributed by atoms with Crippen LogP contribution in [0.15, 0.2) is 47.4 Å². The van der Waals surface area contributed by atoms with Gasteiger partial charge in [0.25, 0.3) is 10.0 Å². The molecule has 164 valence electrons. The highest BCUT2D eigenvalue weighted by Gasteiger charge is 2.28. The molecule has 0 saturated heterocycles. The van der Waals surface area contributed by atoms with Gasteiger partial charge in [-0.3, -0.25) is 9.10 Å². The number of benzene rings is 2. The molecule has 10 heteroatoms. The number of anilines is 1. The van der Waals surface area contributed by atoms with Gasteiger partial charge in [-0.25, -0.2) is 8.42 Å². The van der Waals surface area contributed by atoms with E-state index in [1.54, 1.807) is 19.1 Å². The molecule has 0 radical (unpaired) electrons. The van der Waals surface area contributed by atoms with Crippen molar-refractivity contribution in [1.82, 2.24) is 5.32 Å². The van der Waals surface area contributed by atoms with Crippen LogP contribution in [-0.4, -0.2) is 54.8 Å². The number of hydrogen-bond acceptors (Lipinski definition) is 6. The highest BCUT2D eigenvalue weighted by atomic mass is 35.5. The molecule has 1 atom stereocenters. The largest absolute Gasteiger partial charge is 0.493 e. The molecule has 1 N–H and O–H groups in total. The molecule has 2 aromatic rings. The number of halogens is 1. The summed E-state index contributed by atoms with van der Waals surface area (Å²) >= 11 is 5.94. The van der Waals surface area contributed by atoms with E-state index in [2.05, 4.69) is 5.32 Å². The number of nitrogens with one attached hydrogen (secondary N) is 1. The molecule has 2 aromatic carbocycles. The van der Waals surface area contributed by atoms with E-state index in [-0.39, 0.29) is 16.7 Å². The summed E-state index contributed by atoms with van der Waals surface area (Å²) in [5.41, 5.74) is 0.295. The molecule has 0 fully saturated rings. The fraction of sp³-hybridized carbons (Fsp3) is 0.350. The molecule has 0 heterocycles. The van der Waals surface area contributed by atoms with Gasteiger partial charge in [0.05, 0.1) is 31.4 Å². The van der Waals surface area contributed by atoms with Gasteiger partial charge in [-0.05, 0) is 43.3 Å². The van der Waals surface area contributed by atoms with Crippen LogP contribution >= 0.6 is 11.6 Å². The van der Waals surface area contributed by atoms with Crippen molar-refractivity contribution in [3.8, 4) is 11.5 Å². The Morgan fingerprint density at radius 1 is 1.07 bits per heavy atom. The Hall–Kier alpha value is -2.49. The van der Waals surface area contributed by atoms with Crippen LogP contribution in [0.1, 0.15) is 6.92 Å². The van der Waals surface area contributed by atoms with Gasteiger partial charge in [-0.1, -0.05) is 11.6 Å². The standard InChI is InChI=1S/C20H25ClN2O6S/c1-14(13-27-2)22-20(24)12-23(16-7-5-15(21)6-8-16)30(25,26)17-9-10-18(28-3)19(11-17)29-4/h5-11,14H,12-13H2,1-4H3,(H,22,24)/t14-/m1/s1. The number of sulfonamides is 1. The Balaban J connectivity index is 2.44. The monoisotopic (exact) mass is 456 g/mol. The van der Waals surface area contributed by atoms with Crippen molar-refractivity contribution in [2.45, 2.75) is 17.9 Å². The molecule has 0 aliphatic rings. The van der Waals surface area contributed by atoms with Crippen molar-refractivity contribution in [3.05, 3.63) is 47.5 Å². The first-order valence-electron chi connectivity index (χ1n) is 9.01. The van der Waals surface area contributed by atoms with Gasteiger partial charge in [0, 0.05) is 24.2 Å². The van der Waals surface area contributed by atoms with E-state index < -0.39 is 22.5 Å². The lowest BCUT2D eigenvalue weighted by Gasteiger charge is -2.25. The number of methoxy groups -OCH3 is 3. The second-order valence-electron chi connectivity index (χ2n) is 6.43. The molecule has 0 bridgehead atoms. The summed E-state index contributed by atoms with van der Waals surface area (Å²) in [7, 11) is 0.281. The van der Waals surface area contributed by atoms with Gasteiger partial charge in [0.2, 0.25) is 5.91 Å². The van der Waals surface area contributed by atoms with Crippen molar-refractivity contribution in [1.29, 1.82) is 0 Å². The van der Waals surface area contributed by atoms with E-state index in [9.17, 15) is 13.2 Å². The van der Waals surface area contributed by atoms with E-state index in [1.165, 1.54) is 51.7 Å². The summed E-state index contributed by atoms with van der Waals surface area (Å²) in [6, 6.07) is 10.1. The maximum absolute atomic E-state index is 13.4. The molecule has 1 amide bonds. The van der Waals surface area contributed by atoms with E-state index in [0.29, 0.717) is 23.1 Å². The normalized spacial score (nSPS) is 12.2. The highest BCUT2D eigenvalue weighted by Crippen LogP contribution is 2.32. The number of amides is 1. The lowest BCUT2D eigenvalue weighted by molar-refractivity contribution is -0.120. The molecule has 2 rings (SSSR count). The molecule has 0 saturated carbocycles. The third-order valence-corrected chi connectivity index (χ3v) is 6.19. The van der Waals surface area contributed by atoms with Crippen LogP contribution in [0, 0.1) is 0 Å². The van der Waals surface area contributed by atoms with E-state index in [0.717, 1.165) is 4.31 Å². The summed E-state index contributed by atoms with van der Waals surface area (Å²) < 4.78 is 43.3. The Morgan fingerprint density at radius 2 is 1.70 bits per heavy atom.